The lowest BCUT2D eigenvalue weighted by Crippen LogP contribution is -2.51. The molecule has 0 saturated heterocycles. The summed E-state index contributed by atoms with van der Waals surface area (Å²) in [6.07, 6.45) is -5.29. The molecule has 3 aromatic rings. The lowest BCUT2D eigenvalue weighted by molar-refractivity contribution is -0.252. The van der Waals surface area contributed by atoms with Gasteiger partial charge in [-0.2, -0.15) is 23.1 Å². The quantitative estimate of drug-likeness (QED) is 0.319. The molecule has 36 heavy (non-hydrogen) atoms. The first-order chi connectivity index (χ1) is 16.8. The van der Waals surface area contributed by atoms with Gasteiger partial charge in [0, 0.05) is 24.7 Å². The monoisotopic (exact) mass is 525 g/mol. The Hall–Kier alpha value is -3.11. The minimum Gasteiger partial charge on any atom is -0.467 e. The van der Waals surface area contributed by atoms with Gasteiger partial charge in [0.25, 0.3) is 0 Å². The van der Waals surface area contributed by atoms with E-state index >= 15 is 0 Å². The van der Waals surface area contributed by atoms with Gasteiger partial charge < -0.3 is 9.47 Å². The van der Waals surface area contributed by atoms with E-state index in [-0.39, 0.29) is 28.5 Å². The van der Waals surface area contributed by atoms with Crippen molar-refractivity contribution in [1.29, 1.82) is 0 Å². The summed E-state index contributed by atoms with van der Waals surface area (Å²) in [5, 5.41) is 0.267. The van der Waals surface area contributed by atoms with Crippen LogP contribution in [-0.4, -0.2) is 46.7 Å². The topological polar surface area (TPSA) is 74.2 Å². The van der Waals surface area contributed by atoms with Gasteiger partial charge in [-0.05, 0) is 61.2 Å². The predicted octanol–water partition coefficient (Wildman–Crippen LogP) is 6.35. The highest BCUT2D eigenvalue weighted by Gasteiger charge is 2.57. The first kappa shape index (κ1) is 27.5. The Morgan fingerprint density at radius 3 is 2.31 bits per heavy atom. The fourth-order valence-electron chi connectivity index (χ4n) is 3.48. The number of ketones is 1. The van der Waals surface area contributed by atoms with Crippen molar-refractivity contribution in [1.82, 2.24) is 15.0 Å². The number of nitrogens with zero attached hydrogens (tertiary/aromatic N) is 3. The van der Waals surface area contributed by atoms with Crippen LogP contribution in [0.3, 0.4) is 0 Å². The van der Waals surface area contributed by atoms with Crippen LogP contribution in [0.2, 0.25) is 5.02 Å². The lowest BCUT2D eigenvalue weighted by Gasteiger charge is -2.30. The third kappa shape index (κ3) is 5.49. The van der Waals surface area contributed by atoms with Crippen molar-refractivity contribution >= 4 is 17.4 Å². The summed E-state index contributed by atoms with van der Waals surface area (Å²) >= 11 is 6.41. The van der Waals surface area contributed by atoms with E-state index in [0.29, 0.717) is 29.2 Å². The fraction of sp³-hybridized carbons (Fsp3) is 0.360. The number of halogens is 5. The third-order valence-corrected chi connectivity index (χ3v) is 6.32. The van der Waals surface area contributed by atoms with Gasteiger partial charge in [0.05, 0.1) is 12.1 Å². The highest BCUT2D eigenvalue weighted by atomic mass is 35.5. The number of alkyl halides is 3. The molecule has 0 saturated carbocycles. The molecule has 0 aliphatic carbocycles. The van der Waals surface area contributed by atoms with Gasteiger partial charge >= 0.3 is 12.2 Å². The molecule has 0 amide bonds. The molecule has 0 N–H and O–H groups in total. The molecule has 1 heterocycles. The number of benzene rings is 2. The SMILES string of the molecule is COc1nc(-c2ccc(F)c(C)c2)nc(-c2cc(C(C)CC(=O)[C@@](C)(OC)C(F)(F)F)ccc2Cl)n1. The first-order valence-electron chi connectivity index (χ1n) is 10.8. The van der Waals surface area contributed by atoms with Crippen LogP contribution in [0, 0.1) is 12.7 Å². The minimum atomic E-state index is -4.86. The Labute approximate surface area is 210 Å². The molecule has 0 bridgehead atoms. The van der Waals surface area contributed by atoms with E-state index in [1.54, 1.807) is 38.1 Å². The first-order valence-corrected chi connectivity index (χ1v) is 11.2. The number of methoxy groups -OCH3 is 2. The van der Waals surface area contributed by atoms with E-state index in [0.717, 1.165) is 7.11 Å². The van der Waals surface area contributed by atoms with Crippen molar-refractivity contribution in [2.45, 2.75) is 44.9 Å². The van der Waals surface area contributed by atoms with Crippen LogP contribution in [0.5, 0.6) is 6.01 Å². The molecule has 2 aromatic carbocycles. The summed E-state index contributed by atoms with van der Waals surface area (Å²) in [5.41, 5.74) is -1.09. The number of aromatic nitrogens is 3. The van der Waals surface area contributed by atoms with E-state index in [4.69, 9.17) is 16.3 Å². The second-order valence-electron chi connectivity index (χ2n) is 8.44. The molecule has 1 unspecified atom stereocenters. The Morgan fingerprint density at radius 2 is 1.72 bits per heavy atom. The maximum Gasteiger partial charge on any atom is 0.424 e. The Balaban J connectivity index is 2.00. The van der Waals surface area contributed by atoms with Crippen molar-refractivity contribution in [3.63, 3.8) is 0 Å². The molecule has 192 valence electrons. The summed E-state index contributed by atoms with van der Waals surface area (Å²) < 4.78 is 63.8. The molecule has 1 aromatic heterocycles. The molecular formula is C25H24ClF4N3O3. The Morgan fingerprint density at radius 1 is 1.06 bits per heavy atom. The zero-order valence-electron chi connectivity index (χ0n) is 20.2. The van der Waals surface area contributed by atoms with Crippen molar-refractivity contribution in [3.05, 3.63) is 58.4 Å². The second kappa shape index (κ2) is 10.5. The minimum absolute atomic E-state index is 0.0114. The second-order valence-corrected chi connectivity index (χ2v) is 8.84. The highest BCUT2D eigenvalue weighted by molar-refractivity contribution is 6.33. The zero-order valence-corrected chi connectivity index (χ0v) is 21.0. The van der Waals surface area contributed by atoms with Crippen molar-refractivity contribution in [2.24, 2.45) is 0 Å². The van der Waals surface area contributed by atoms with E-state index in [1.807, 2.05) is 0 Å². The maximum atomic E-state index is 13.7. The average molecular weight is 526 g/mol. The number of hydrogen-bond acceptors (Lipinski definition) is 6. The third-order valence-electron chi connectivity index (χ3n) is 5.99. The van der Waals surface area contributed by atoms with Gasteiger partial charge in [-0.3, -0.25) is 4.79 Å². The number of aryl methyl sites for hydroxylation is 1. The van der Waals surface area contributed by atoms with Crippen LogP contribution in [0.1, 0.15) is 37.3 Å². The number of rotatable bonds is 8. The van der Waals surface area contributed by atoms with Crippen molar-refractivity contribution in [2.75, 3.05) is 14.2 Å². The van der Waals surface area contributed by atoms with Crippen LogP contribution in [0.4, 0.5) is 17.6 Å². The van der Waals surface area contributed by atoms with Crippen molar-refractivity contribution in [3.8, 4) is 28.8 Å². The van der Waals surface area contributed by atoms with E-state index in [9.17, 15) is 22.4 Å². The summed E-state index contributed by atoms with van der Waals surface area (Å²) in [5.74, 6) is -1.73. The van der Waals surface area contributed by atoms with Crippen LogP contribution < -0.4 is 4.74 Å². The fourth-order valence-corrected chi connectivity index (χ4v) is 3.68. The number of hydrogen-bond donors (Lipinski definition) is 0. The molecule has 0 radical (unpaired) electrons. The number of ether oxygens (including phenoxy) is 2. The van der Waals surface area contributed by atoms with E-state index < -0.39 is 29.9 Å². The number of carbonyl (C=O) groups is 1. The van der Waals surface area contributed by atoms with Gasteiger partial charge in [0.2, 0.25) is 5.60 Å². The molecule has 3 rings (SSSR count). The molecular weight excluding hydrogens is 502 g/mol. The largest absolute Gasteiger partial charge is 0.467 e. The van der Waals surface area contributed by atoms with Gasteiger partial charge in [0.15, 0.2) is 17.4 Å². The van der Waals surface area contributed by atoms with Gasteiger partial charge in [-0.25, -0.2) is 9.37 Å². The van der Waals surface area contributed by atoms with E-state index in [1.165, 1.54) is 19.2 Å². The summed E-state index contributed by atoms with van der Waals surface area (Å²) in [4.78, 5) is 25.5. The predicted molar refractivity (Wildman–Crippen MR) is 126 cm³/mol. The van der Waals surface area contributed by atoms with Crippen molar-refractivity contribution < 1.29 is 31.8 Å². The molecule has 0 aliphatic heterocycles. The maximum absolute atomic E-state index is 13.7. The summed E-state index contributed by atoms with van der Waals surface area (Å²) in [7, 11) is 2.22. The molecule has 0 aliphatic rings. The van der Waals surface area contributed by atoms with Gasteiger partial charge in [-0.1, -0.05) is 24.6 Å². The zero-order chi connectivity index (χ0) is 26.8. The standard InChI is InChI=1S/C25H24ClF4N3O3/c1-13(11-20(34)24(3,36-5)25(28,29)30)15-6-8-18(26)17(12-15)22-31-21(32-23(33-22)35-4)16-7-9-19(27)14(2)10-16/h6-10,12-13H,11H2,1-5H3/t13?,24-/m1/s1. The van der Waals surface area contributed by atoms with Gasteiger partial charge in [-0.15, -0.1) is 0 Å². The molecule has 11 heteroatoms. The molecule has 2 atom stereocenters. The van der Waals surface area contributed by atoms with Crippen LogP contribution >= 0.6 is 11.6 Å². The van der Waals surface area contributed by atoms with Gasteiger partial charge in [0.1, 0.15) is 5.82 Å². The van der Waals surface area contributed by atoms with E-state index in [2.05, 4.69) is 19.7 Å². The molecule has 0 fully saturated rings. The normalized spacial score (nSPS) is 14.3. The average Bonchev–Trinajstić information content (AvgIpc) is 2.84. The Bertz CT molecular complexity index is 1290. The van der Waals surface area contributed by atoms with Crippen LogP contribution in [-0.2, 0) is 9.53 Å². The Kier molecular flexibility index (Phi) is 8.00. The molecule has 0 spiro atoms. The summed E-state index contributed by atoms with van der Waals surface area (Å²) in [6.45, 7) is 3.94. The smallest absolute Gasteiger partial charge is 0.424 e. The highest BCUT2D eigenvalue weighted by Crippen LogP contribution is 2.37. The summed E-state index contributed by atoms with van der Waals surface area (Å²) in [6, 6.07) is 9.14. The number of carbonyl (C=O) groups excluding carboxylic acids is 1. The van der Waals surface area contributed by atoms with Crippen LogP contribution in [0.15, 0.2) is 36.4 Å². The molecule has 6 nitrogen and oxygen atoms in total. The van der Waals surface area contributed by atoms with Crippen LogP contribution in [0.25, 0.3) is 22.8 Å². The lowest BCUT2D eigenvalue weighted by atomic mass is 9.88. The number of Topliss-reactive ketones (excluding diaryl/α,β-unsaturated/α-hetero) is 1.